The quantitative estimate of drug-likeness (QED) is 0.481. The van der Waals surface area contributed by atoms with Gasteiger partial charge in [0.2, 0.25) is 0 Å². The fraction of sp³-hybridized carbons (Fsp3) is 0.656. The number of nitrogens with zero attached hydrogens (tertiary/aromatic N) is 5. The van der Waals surface area contributed by atoms with E-state index in [2.05, 4.69) is 28.9 Å². The molecule has 3 saturated heterocycles. The minimum Gasteiger partial charge on any atom is -0.461 e. The largest absolute Gasteiger partial charge is 0.461 e. The third-order valence-electron chi connectivity index (χ3n) is 10.6. The molecule has 0 bridgehead atoms. The molecule has 1 unspecified atom stereocenters. The fourth-order valence-corrected chi connectivity index (χ4v) is 8.25. The van der Waals surface area contributed by atoms with Crippen molar-refractivity contribution < 1.29 is 18.6 Å². The molecule has 42 heavy (non-hydrogen) atoms. The second-order valence-electron chi connectivity index (χ2n) is 13.0. The number of hydrogen-bond acceptors (Lipinski definition) is 9. The van der Waals surface area contributed by atoms with Crippen LogP contribution < -0.4 is 15.4 Å². The number of aromatic nitrogens is 2. The molecule has 1 aliphatic carbocycles. The van der Waals surface area contributed by atoms with Gasteiger partial charge in [0.25, 0.3) is 0 Å². The van der Waals surface area contributed by atoms with E-state index in [0.29, 0.717) is 68.4 Å². The van der Waals surface area contributed by atoms with Crippen molar-refractivity contribution in [3.05, 3.63) is 40.1 Å². The third-order valence-corrected chi connectivity index (χ3v) is 10.6. The van der Waals surface area contributed by atoms with E-state index in [1.165, 1.54) is 0 Å². The first kappa shape index (κ1) is 27.8. The van der Waals surface area contributed by atoms with Gasteiger partial charge in [-0.2, -0.15) is 15.2 Å². The number of anilines is 2. The molecule has 5 atom stereocenters. The summed E-state index contributed by atoms with van der Waals surface area (Å²) in [5.41, 5.74) is 10.3. The smallest absolute Gasteiger partial charge is 0.318 e. The number of rotatable bonds is 7. The third kappa shape index (κ3) is 4.43. The summed E-state index contributed by atoms with van der Waals surface area (Å²) in [4.78, 5) is 14.6. The molecule has 7 rings (SSSR count). The molecule has 5 heterocycles. The van der Waals surface area contributed by atoms with E-state index >= 15 is 0 Å². The molecule has 3 fully saturated rings. The monoisotopic (exact) mass is 576 g/mol. The van der Waals surface area contributed by atoms with Crippen LogP contribution in [0, 0.1) is 11.3 Å². The van der Waals surface area contributed by atoms with Gasteiger partial charge in [0, 0.05) is 62.5 Å². The Kier molecular flexibility index (Phi) is 7.03. The Morgan fingerprint density at radius 1 is 1.24 bits per heavy atom. The summed E-state index contributed by atoms with van der Waals surface area (Å²) >= 11 is 0. The summed E-state index contributed by atoms with van der Waals surface area (Å²) < 4.78 is 33.1. The van der Waals surface area contributed by atoms with E-state index in [4.69, 9.17) is 29.9 Å². The summed E-state index contributed by atoms with van der Waals surface area (Å²) in [5, 5.41) is 10.2. The molecule has 224 valence electrons. The number of methoxy groups -OCH3 is 1. The van der Waals surface area contributed by atoms with E-state index in [0.717, 1.165) is 79.8 Å². The zero-order chi connectivity index (χ0) is 29.1. The molecule has 1 spiro atoms. The fourth-order valence-electron chi connectivity index (χ4n) is 8.25. The molecule has 0 saturated carbocycles. The number of alkyl halides is 1. The van der Waals surface area contributed by atoms with Gasteiger partial charge in [0.1, 0.15) is 30.3 Å². The predicted molar refractivity (Wildman–Crippen MR) is 156 cm³/mol. The number of benzene rings is 1. The molecule has 2 aromatic rings. The maximum absolute atomic E-state index is 14.5. The van der Waals surface area contributed by atoms with Crippen LogP contribution in [0.1, 0.15) is 85.7 Å². The van der Waals surface area contributed by atoms with Gasteiger partial charge in [0.05, 0.1) is 23.4 Å². The van der Waals surface area contributed by atoms with E-state index in [1.807, 2.05) is 6.07 Å². The van der Waals surface area contributed by atoms with E-state index in [9.17, 15) is 9.65 Å². The number of nitrogen functional groups attached to an aromatic ring is 1. The van der Waals surface area contributed by atoms with Gasteiger partial charge in [-0.05, 0) is 62.6 Å². The number of fused-ring (bicyclic) bond motifs is 4. The Morgan fingerprint density at radius 2 is 2.12 bits per heavy atom. The van der Waals surface area contributed by atoms with Crippen molar-refractivity contribution in [1.29, 1.82) is 5.26 Å². The standard InChI is InChI=1S/C32H41FN6O3/c1-20-6-10-32(28-23(20)4-5-26(35)24(28)16-34)15-27-25(18-42-32)29(39-12-7-22(39)8-13-40-2)37-30(36-27)41-19-31-9-3-11-38(31)17-21(33)14-31/h4-5,20-22H,3,6-15,17-19,35H2,1-2H3/t20-,21+,22?,31-,32-/m0/s1. The Hall–Kier alpha value is -3.00. The van der Waals surface area contributed by atoms with E-state index < -0.39 is 11.8 Å². The van der Waals surface area contributed by atoms with Gasteiger partial charge < -0.3 is 24.8 Å². The molecular weight excluding hydrogens is 535 g/mol. The Bertz CT molecular complexity index is 1420. The van der Waals surface area contributed by atoms with Crippen LogP contribution in [0.2, 0.25) is 0 Å². The normalized spacial score (nSPS) is 31.8. The van der Waals surface area contributed by atoms with Gasteiger partial charge in [-0.1, -0.05) is 13.0 Å². The highest BCUT2D eigenvalue weighted by molar-refractivity contribution is 5.64. The minimum atomic E-state index is -0.816. The summed E-state index contributed by atoms with van der Waals surface area (Å²) in [6, 6.07) is 6.96. The first-order valence-corrected chi connectivity index (χ1v) is 15.5. The molecule has 1 aromatic heterocycles. The van der Waals surface area contributed by atoms with Gasteiger partial charge in [0.15, 0.2) is 0 Å². The summed E-state index contributed by atoms with van der Waals surface area (Å²) in [6.45, 7) is 5.93. The highest BCUT2D eigenvalue weighted by atomic mass is 19.1. The summed E-state index contributed by atoms with van der Waals surface area (Å²) in [7, 11) is 1.73. The molecule has 2 N–H and O–H groups in total. The maximum Gasteiger partial charge on any atom is 0.318 e. The molecule has 1 aromatic carbocycles. The Morgan fingerprint density at radius 3 is 2.90 bits per heavy atom. The number of hydrogen-bond donors (Lipinski definition) is 1. The van der Waals surface area contributed by atoms with Gasteiger partial charge in [-0.15, -0.1) is 0 Å². The van der Waals surface area contributed by atoms with Crippen LogP contribution in [0.4, 0.5) is 15.9 Å². The Balaban J connectivity index is 1.26. The molecule has 0 radical (unpaired) electrons. The minimum absolute atomic E-state index is 0.279. The van der Waals surface area contributed by atoms with Crippen molar-refractivity contribution in [1.82, 2.24) is 14.9 Å². The highest BCUT2D eigenvalue weighted by Gasteiger charge is 2.50. The number of ether oxygens (including phenoxy) is 3. The lowest BCUT2D eigenvalue weighted by Crippen LogP contribution is -2.50. The van der Waals surface area contributed by atoms with Crippen LogP contribution in [-0.4, -0.2) is 72.6 Å². The maximum atomic E-state index is 14.5. The molecule has 9 nitrogen and oxygen atoms in total. The van der Waals surface area contributed by atoms with E-state index in [-0.39, 0.29) is 5.54 Å². The summed E-state index contributed by atoms with van der Waals surface area (Å²) in [6.07, 6.45) is 5.93. The SMILES string of the molecule is COCCC1CCN1c1nc(OC[C@@]23CCCN2C[C@H](F)C3)nc2c1CO[C@@]1(CC[C@H](C)c3ccc(N)c(C#N)c31)C2. The zero-order valence-corrected chi connectivity index (χ0v) is 24.7. The average Bonchev–Trinajstić information content (AvgIpc) is 3.49. The van der Waals surface area contributed by atoms with Crippen LogP contribution in [-0.2, 0) is 28.1 Å². The lowest BCUT2D eigenvalue weighted by atomic mass is 9.69. The molecular formula is C32H41FN6O3. The highest BCUT2D eigenvalue weighted by Crippen LogP contribution is 2.51. The van der Waals surface area contributed by atoms with Crippen LogP contribution in [0.5, 0.6) is 6.01 Å². The van der Waals surface area contributed by atoms with Gasteiger partial charge >= 0.3 is 6.01 Å². The lowest BCUT2D eigenvalue weighted by Gasteiger charge is -2.47. The first-order valence-electron chi connectivity index (χ1n) is 15.5. The lowest BCUT2D eigenvalue weighted by molar-refractivity contribution is -0.0874. The molecule has 5 aliphatic rings. The van der Waals surface area contributed by atoms with Gasteiger partial charge in [-0.25, -0.2) is 4.39 Å². The van der Waals surface area contributed by atoms with Crippen LogP contribution >= 0.6 is 0 Å². The van der Waals surface area contributed by atoms with Crippen LogP contribution in [0.15, 0.2) is 12.1 Å². The first-order chi connectivity index (χ1) is 20.4. The number of halogens is 1. The van der Waals surface area contributed by atoms with Crippen LogP contribution in [0.3, 0.4) is 0 Å². The number of nitrogens with two attached hydrogens (primary N) is 1. The van der Waals surface area contributed by atoms with E-state index in [1.54, 1.807) is 7.11 Å². The topological polar surface area (TPSA) is 110 Å². The van der Waals surface area contributed by atoms with Crippen molar-refractivity contribution in [2.45, 2.75) is 94.2 Å². The number of nitriles is 1. The summed E-state index contributed by atoms with van der Waals surface area (Å²) in [5.74, 6) is 1.18. The van der Waals surface area contributed by atoms with Crippen molar-refractivity contribution in [3.8, 4) is 12.1 Å². The van der Waals surface area contributed by atoms with Crippen molar-refractivity contribution >= 4 is 11.5 Å². The Labute approximate surface area is 247 Å². The van der Waals surface area contributed by atoms with Gasteiger partial charge in [-0.3, -0.25) is 4.90 Å². The molecule has 4 aliphatic heterocycles. The zero-order valence-electron chi connectivity index (χ0n) is 24.7. The average molecular weight is 577 g/mol. The van der Waals surface area contributed by atoms with Crippen molar-refractivity contribution in [2.75, 3.05) is 50.6 Å². The second-order valence-corrected chi connectivity index (χ2v) is 13.0. The van der Waals surface area contributed by atoms with Crippen LogP contribution in [0.25, 0.3) is 0 Å². The molecule has 10 heteroatoms. The second kappa shape index (κ2) is 10.6. The van der Waals surface area contributed by atoms with Crippen molar-refractivity contribution in [3.63, 3.8) is 0 Å². The molecule has 0 amide bonds. The predicted octanol–water partition coefficient (Wildman–Crippen LogP) is 4.37. The van der Waals surface area contributed by atoms with Crippen molar-refractivity contribution in [2.24, 2.45) is 0 Å².